The van der Waals surface area contributed by atoms with Crippen LogP contribution in [0.25, 0.3) is 0 Å². The van der Waals surface area contributed by atoms with E-state index in [4.69, 9.17) is 0 Å². The third-order valence-electron chi connectivity index (χ3n) is 5.06. The quantitative estimate of drug-likeness (QED) is 0.838. The summed E-state index contributed by atoms with van der Waals surface area (Å²) in [5.74, 6) is 0.329. The van der Waals surface area contributed by atoms with Crippen molar-refractivity contribution in [3.63, 3.8) is 0 Å². The summed E-state index contributed by atoms with van der Waals surface area (Å²) in [6.45, 7) is 0.197. The van der Waals surface area contributed by atoms with E-state index in [2.05, 4.69) is 18.0 Å². The Bertz CT molecular complexity index is 448. The van der Waals surface area contributed by atoms with Gasteiger partial charge in [-0.05, 0) is 44.0 Å². The van der Waals surface area contributed by atoms with Gasteiger partial charge in [0.25, 0.3) is 0 Å². The minimum atomic E-state index is 0.0329. The second kappa shape index (κ2) is 4.25. The van der Waals surface area contributed by atoms with E-state index in [1.165, 1.54) is 18.4 Å². The van der Waals surface area contributed by atoms with Crippen molar-refractivity contribution < 1.29 is 10.2 Å². The van der Waals surface area contributed by atoms with Crippen molar-refractivity contribution in [1.29, 1.82) is 0 Å². The first-order valence-electron chi connectivity index (χ1n) is 6.80. The number of phenols is 1. The molecule has 3 atom stereocenters. The predicted molar refractivity (Wildman–Crippen MR) is 70.7 cm³/mol. The average molecular weight is 247 g/mol. The van der Waals surface area contributed by atoms with Gasteiger partial charge in [0.15, 0.2) is 0 Å². The lowest BCUT2D eigenvalue weighted by Gasteiger charge is -2.37. The van der Waals surface area contributed by atoms with Gasteiger partial charge < -0.3 is 10.2 Å². The summed E-state index contributed by atoms with van der Waals surface area (Å²) in [4.78, 5) is 2.34. The number of benzene rings is 1. The third-order valence-corrected chi connectivity index (χ3v) is 5.06. The number of aromatic hydroxyl groups is 1. The van der Waals surface area contributed by atoms with Gasteiger partial charge in [0.1, 0.15) is 5.75 Å². The molecule has 1 aromatic carbocycles. The normalized spacial score (nSPS) is 35.9. The Morgan fingerprint density at radius 2 is 2.28 bits per heavy atom. The number of rotatable bonds is 2. The van der Waals surface area contributed by atoms with Crippen molar-refractivity contribution >= 4 is 0 Å². The molecule has 3 rings (SSSR count). The van der Waals surface area contributed by atoms with Gasteiger partial charge in [-0.2, -0.15) is 0 Å². The molecular weight excluding hydrogens is 226 g/mol. The number of hydrogen-bond acceptors (Lipinski definition) is 3. The van der Waals surface area contributed by atoms with E-state index in [9.17, 15) is 10.2 Å². The molecule has 3 nitrogen and oxygen atoms in total. The molecule has 0 aromatic heterocycles. The number of aliphatic hydroxyl groups is 1. The largest absolute Gasteiger partial charge is 0.508 e. The van der Waals surface area contributed by atoms with Crippen LogP contribution in [0.1, 0.15) is 31.2 Å². The van der Waals surface area contributed by atoms with E-state index in [1.54, 1.807) is 6.07 Å². The summed E-state index contributed by atoms with van der Waals surface area (Å²) in [7, 11) is 2.13. The molecular formula is C15H21NO2. The topological polar surface area (TPSA) is 43.7 Å². The smallest absolute Gasteiger partial charge is 0.115 e. The number of likely N-dealkylation sites (tertiary alicyclic amines) is 1. The monoisotopic (exact) mass is 247 g/mol. The molecule has 2 aliphatic rings. The fraction of sp³-hybridized carbons (Fsp3) is 0.600. The third kappa shape index (κ3) is 1.57. The highest BCUT2D eigenvalue weighted by atomic mass is 16.3. The van der Waals surface area contributed by atoms with Crippen molar-refractivity contribution in [2.45, 2.75) is 43.2 Å². The molecule has 1 aliphatic carbocycles. The zero-order chi connectivity index (χ0) is 12.8. The number of fused-ring (bicyclic) bond motifs is 2. The van der Waals surface area contributed by atoms with Gasteiger partial charge >= 0.3 is 0 Å². The Morgan fingerprint density at radius 1 is 1.44 bits per heavy atom. The molecule has 1 saturated carbocycles. The highest BCUT2D eigenvalue weighted by molar-refractivity contribution is 5.37. The molecule has 2 N–H and O–H groups in total. The molecule has 1 unspecified atom stereocenters. The van der Waals surface area contributed by atoms with Crippen LogP contribution in [-0.2, 0) is 5.41 Å². The minimum absolute atomic E-state index is 0.0329. The maximum atomic E-state index is 9.78. The molecule has 0 radical (unpaired) electrons. The van der Waals surface area contributed by atoms with Crippen LogP contribution in [0.5, 0.6) is 5.75 Å². The molecule has 0 spiro atoms. The van der Waals surface area contributed by atoms with Gasteiger partial charge in [-0.25, -0.2) is 0 Å². The molecule has 18 heavy (non-hydrogen) atoms. The van der Waals surface area contributed by atoms with E-state index in [1.807, 2.05) is 12.1 Å². The fourth-order valence-corrected chi connectivity index (χ4v) is 4.15. The zero-order valence-electron chi connectivity index (χ0n) is 10.8. The standard InChI is InChI=1S/C15H21NO2/c1-16-12-5-3-7-15(9-12,14(16)10-17)11-4-2-6-13(18)8-11/h2,4,6,8,12,14,17-18H,3,5,7,9-10H2,1H3/t12?,14-,15-/m0/s1. The van der Waals surface area contributed by atoms with Crippen molar-refractivity contribution in [2.24, 2.45) is 0 Å². The fourth-order valence-electron chi connectivity index (χ4n) is 4.15. The van der Waals surface area contributed by atoms with Crippen LogP contribution >= 0.6 is 0 Å². The molecule has 0 amide bonds. The van der Waals surface area contributed by atoms with E-state index < -0.39 is 0 Å². The number of likely N-dealkylation sites (N-methyl/N-ethyl adjacent to an activating group) is 1. The highest BCUT2D eigenvalue weighted by Gasteiger charge is 2.53. The Morgan fingerprint density at radius 3 is 3.00 bits per heavy atom. The highest BCUT2D eigenvalue weighted by Crippen LogP contribution is 2.51. The molecule has 1 saturated heterocycles. The summed E-state index contributed by atoms with van der Waals surface area (Å²) < 4.78 is 0. The number of nitrogens with zero attached hydrogens (tertiary/aromatic N) is 1. The molecule has 1 aromatic rings. The number of aliphatic hydroxyl groups excluding tert-OH is 1. The zero-order valence-corrected chi connectivity index (χ0v) is 10.8. The minimum Gasteiger partial charge on any atom is -0.508 e. The van der Waals surface area contributed by atoms with Crippen molar-refractivity contribution in [2.75, 3.05) is 13.7 Å². The first-order valence-corrected chi connectivity index (χ1v) is 6.80. The van der Waals surface area contributed by atoms with Crippen molar-refractivity contribution in [3.05, 3.63) is 29.8 Å². The molecule has 98 valence electrons. The maximum Gasteiger partial charge on any atom is 0.115 e. The second-order valence-corrected chi connectivity index (χ2v) is 5.82. The lowest BCUT2D eigenvalue weighted by Crippen LogP contribution is -2.43. The average Bonchev–Trinajstić information content (AvgIpc) is 2.58. The SMILES string of the molecule is CN1C2CCC[C@@](c3cccc(O)c3)(C2)[C@@H]1CO. The first-order chi connectivity index (χ1) is 8.67. The van der Waals surface area contributed by atoms with E-state index in [0.717, 1.165) is 12.8 Å². The van der Waals surface area contributed by atoms with Crippen LogP contribution in [0.15, 0.2) is 24.3 Å². The van der Waals surface area contributed by atoms with Crippen LogP contribution < -0.4 is 0 Å². The van der Waals surface area contributed by atoms with Crippen LogP contribution in [0, 0.1) is 0 Å². The van der Waals surface area contributed by atoms with Crippen LogP contribution in [0.3, 0.4) is 0 Å². The van der Waals surface area contributed by atoms with Crippen LogP contribution in [-0.4, -0.2) is 40.9 Å². The molecule has 1 aliphatic heterocycles. The Hall–Kier alpha value is -1.06. The lowest BCUT2D eigenvalue weighted by molar-refractivity contribution is 0.131. The van der Waals surface area contributed by atoms with E-state index in [0.29, 0.717) is 11.8 Å². The van der Waals surface area contributed by atoms with Gasteiger partial charge in [0.2, 0.25) is 0 Å². The van der Waals surface area contributed by atoms with Crippen LogP contribution in [0.2, 0.25) is 0 Å². The van der Waals surface area contributed by atoms with Gasteiger partial charge in [-0.1, -0.05) is 18.6 Å². The summed E-state index contributed by atoms with van der Waals surface area (Å²) in [6, 6.07) is 8.38. The summed E-state index contributed by atoms with van der Waals surface area (Å²) in [6.07, 6.45) is 4.66. The summed E-state index contributed by atoms with van der Waals surface area (Å²) in [5.41, 5.74) is 1.22. The van der Waals surface area contributed by atoms with Crippen molar-refractivity contribution in [3.8, 4) is 5.75 Å². The van der Waals surface area contributed by atoms with Gasteiger partial charge in [0, 0.05) is 17.5 Å². The predicted octanol–water partition coefficient (Wildman–Crippen LogP) is 1.88. The Kier molecular flexibility index (Phi) is 2.83. The van der Waals surface area contributed by atoms with E-state index in [-0.39, 0.29) is 18.1 Å². The lowest BCUT2D eigenvalue weighted by atomic mass is 9.67. The van der Waals surface area contributed by atoms with E-state index >= 15 is 0 Å². The summed E-state index contributed by atoms with van der Waals surface area (Å²) in [5, 5.41) is 19.5. The van der Waals surface area contributed by atoms with Crippen molar-refractivity contribution in [1.82, 2.24) is 4.90 Å². The molecule has 1 heterocycles. The van der Waals surface area contributed by atoms with Crippen LogP contribution in [0.4, 0.5) is 0 Å². The van der Waals surface area contributed by atoms with Gasteiger partial charge in [-0.3, -0.25) is 4.90 Å². The molecule has 3 heteroatoms. The van der Waals surface area contributed by atoms with Gasteiger partial charge in [0.05, 0.1) is 6.61 Å². The maximum absolute atomic E-state index is 9.78. The second-order valence-electron chi connectivity index (χ2n) is 5.82. The first kappa shape index (κ1) is 12.0. The molecule has 2 bridgehead atoms. The Labute approximate surface area is 108 Å². The number of phenolic OH excluding ortho intramolecular Hbond substituents is 1. The Balaban J connectivity index is 2.06. The summed E-state index contributed by atoms with van der Waals surface area (Å²) >= 11 is 0. The molecule has 2 fully saturated rings. The number of hydrogen-bond donors (Lipinski definition) is 2. The van der Waals surface area contributed by atoms with Gasteiger partial charge in [-0.15, -0.1) is 0 Å².